The molecule has 2 N–H and O–H groups in total. The molecule has 2 heterocycles. The lowest BCUT2D eigenvalue weighted by Gasteiger charge is -2.33. The van der Waals surface area contributed by atoms with Gasteiger partial charge in [-0.2, -0.15) is 0 Å². The lowest BCUT2D eigenvalue weighted by molar-refractivity contribution is 0.244. The summed E-state index contributed by atoms with van der Waals surface area (Å²) in [7, 11) is 0. The highest BCUT2D eigenvalue weighted by atomic mass is 16.3. The van der Waals surface area contributed by atoms with E-state index >= 15 is 0 Å². The highest BCUT2D eigenvalue weighted by Crippen LogP contribution is 2.22. The Balaban J connectivity index is 2.15. The van der Waals surface area contributed by atoms with Gasteiger partial charge in [0.15, 0.2) is 0 Å². The summed E-state index contributed by atoms with van der Waals surface area (Å²) in [5.74, 6) is 2.02. The molecule has 2 rings (SSSR count). The number of aliphatic hydroxyl groups is 1. The molecule has 0 aromatic carbocycles. The lowest BCUT2D eigenvalue weighted by Crippen LogP contribution is -2.37. The van der Waals surface area contributed by atoms with E-state index in [0.717, 1.165) is 50.4 Å². The average Bonchev–Trinajstić information content (AvgIpc) is 2.39. The molecule has 1 fully saturated rings. The summed E-state index contributed by atoms with van der Waals surface area (Å²) >= 11 is 0. The minimum atomic E-state index is -0.0823. The molecule has 1 saturated heterocycles. The van der Waals surface area contributed by atoms with Crippen LogP contribution in [0.5, 0.6) is 0 Å². The summed E-state index contributed by atoms with van der Waals surface area (Å²) in [6.45, 7) is 4.05. The van der Waals surface area contributed by atoms with Crippen molar-refractivity contribution in [3.05, 3.63) is 22.2 Å². The molecule has 5 heteroatoms. The van der Waals surface area contributed by atoms with Crippen molar-refractivity contribution in [1.29, 1.82) is 0 Å². The molecule has 1 atom stereocenters. The van der Waals surface area contributed by atoms with Gasteiger partial charge in [-0.05, 0) is 25.2 Å². The minimum absolute atomic E-state index is 0.0823. The topological polar surface area (TPSA) is 69.2 Å². The molecule has 1 aromatic rings. The van der Waals surface area contributed by atoms with Gasteiger partial charge >= 0.3 is 0 Å². The summed E-state index contributed by atoms with van der Waals surface area (Å²) in [4.78, 5) is 20.9. The molecular weight excluding hydrogens is 230 g/mol. The van der Waals surface area contributed by atoms with Crippen LogP contribution in [0.15, 0.2) is 10.9 Å². The van der Waals surface area contributed by atoms with E-state index in [-0.39, 0.29) is 12.2 Å². The lowest BCUT2D eigenvalue weighted by atomic mass is 9.95. The number of anilines is 1. The SMILES string of the molecule is CCc1nc(N2CCCC(CCO)C2)cc(=O)[nH]1. The van der Waals surface area contributed by atoms with Crippen LogP contribution in [0.25, 0.3) is 0 Å². The number of hydrogen-bond donors (Lipinski definition) is 2. The Kier molecular flexibility index (Phi) is 4.36. The van der Waals surface area contributed by atoms with E-state index in [4.69, 9.17) is 5.11 Å². The van der Waals surface area contributed by atoms with Crippen molar-refractivity contribution in [3.63, 3.8) is 0 Å². The van der Waals surface area contributed by atoms with Crippen molar-refractivity contribution < 1.29 is 5.11 Å². The second kappa shape index (κ2) is 6.00. The Labute approximate surface area is 107 Å². The van der Waals surface area contributed by atoms with Gasteiger partial charge in [-0.3, -0.25) is 4.79 Å². The van der Waals surface area contributed by atoms with Crippen molar-refractivity contribution in [1.82, 2.24) is 9.97 Å². The van der Waals surface area contributed by atoms with Crippen molar-refractivity contribution in [2.45, 2.75) is 32.6 Å². The fraction of sp³-hybridized carbons (Fsp3) is 0.692. The maximum absolute atomic E-state index is 11.6. The summed E-state index contributed by atoms with van der Waals surface area (Å²) in [6.07, 6.45) is 3.82. The predicted molar refractivity (Wildman–Crippen MR) is 70.9 cm³/mol. The molecule has 1 aromatic heterocycles. The van der Waals surface area contributed by atoms with Crippen LogP contribution in [0, 0.1) is 5.92 Å². The molecule has 0 radical (unpaired) electrons. The highest BCUT2D eigenvalue weighted by molar-refractivity contribution is 5.38. The Morgan fingerprint density at radius 3 is 3.17 bits per heavy atom. The first-order valence-electron chi connectivity index (χ1n) is 6.69. The van der Waals surface area contributed by atoms with E-state index in [1.807, 2.05) is 6.92 Å². The number of aromatic nitrogens is 2. The zero-order chi connectivity index (χ0) is 13.0. The van der Waals surface area contributed by atoms with Crippen molar-refractivity contribution in [2.75, 3.05) is 24.6 Å². The van der Waals surface area contributed by atoms with Crippen LogP contribution in [0.3, 0.4) is 0 Å². The van der Waals surface area contributed by atoms with Gasteiger partial charge in [-0.25, -0.2) is 4.98 Å². The second-order valence-corrected chi connectivity index (χ2v) is 4.87. The first-order valence-corrected chi connectivity index (χ1v) is 6.69. The van der Waals surface area contributed by atoms with E-state index in [9.17, 15) is 4.79 Å². The fourth-order valence-electron chi connectivity index (χ4n) is 2.51. The number of nitrogens with zero attached hydrogens (tertiary/aromatic N) is 2. The first kappa shape index (κ1) is 13.1. The Morgan fingerprint density at radius 1 is 1.61 bits per heavy atom. The number of hydrogen-bond acceptors (Lipinski definition) is 4. The number of aliphatic hydroxyl groups excluding tert-OH is 1. The number of rotatable bonds is 4. The molecule has 0 amide bonds. The van der Waals surface area contributed by atoms with Gasteiger partial charge in [0, 0.05) is 32.2 Å². The number of aryl methyl sites for hydroxylation is 1. The van der Waals surface area contributed by atoms with E-state index in [1.54, 1.807) is 6.07 Å². The second-order valence-electron chi connectivity index (χ2n) is 4.87. The monoisotopic (exact) mass is 251 g/mol. The van der Waals surface area contributed by atoms with Gasteiger partial charge in [-0.15, -0.1) is 0 Å². The van der Waals surface area contributed by atoms with Gasteiger partial charge in [-0.1, -0.05) is 6.92 Å². The molecule has 0 aliphatic carbocycles. The third-order valence-corrected chi connectivity index (χ3v) is 3.49. The maximum Gasteiger partial charge on any atom is 0.252 e. The predicted octanol–water partition coefficient (Wildman–Crippen LogP) is 0.931. The number of aromatic amines is 1. The van der Waals surface area contributed by atoms with Crippen LogP contribution in [-0.2, 0) is 6.42 Å². The quantitative estimate of drug-likeness (QED) is 0.835. The van der Waals surface area contributed by atoms with Crippen LogP contribution >= 0.6 is 0 Å². The van der Waals surface area contributed by atoms with Crippen LogP contribution < -0.4 is 10.5 Å². The average molecular weight is 251 g/mol. The summed E-state index contributed by atoms with van der Waals surface area (Å²) in [5, 5.41) is 9.01. The molecule has 1 aliphatic heterocycles. The smallest absolute Gasteiger partial charge is 0.252 e. The van der Waals surface area contributed by atoms with Crippen molar-refractivity contribution in [2.24, 2.45) is 5.92 Å². The fourth-order valence-corrected chi connectivity index (χ4v) is 2.51. The Hall–Kier alpha value is -1.36. The summed E-state index contributed by atoms with van der Waals surface area (Å²) < 4.78 is 0. The van der Waals surface area contributed by atoms with Crippen molar-refractivity contribution in [3.8, 4) is 0 Å². The molecule has 18 heavy (non-hydrogen) atoms. The minimum Gasteiger partial charge on any atom is -0.396 e. The molecule has 0 saturated carbocycles. The largest absolute Gasteiger partial charge is 0.396 e. The number of H-pyrrole nitrogens is 1. The molecule has 0 bridgehead atoms. The highest BCUT2D eigenvalue weighted by Gasteiger charge is 2.21. The summed E-state index contributed by atoms with van der Waals surface area (Å²) in [5.41, 5.74) is -0.0823. The zero-order valence-electron chi connectivity index (χ0n) is 10.9. The van der Waals surface area contributed by atoms with E-state index in [2.05, 4.69) is 14.9 Å². The van der Waals surface area contributed by atoms with E-state index in [0.29, 0.717) is 5.92 Å². The third kappa shape index (κ3) is 3.10. The third-order valence-electron chi connectivity index (χ3n) is 3.49. The number of nitrogens with one attached hydrogen (secondary N) is 1. The van der Waals surface area contributed by atoms with E-state index in [1.165, 1.54) is 0 Å². The molecule has 1 unspecified atom stereocenters. The standard InChI is InChI=1S/C13H21N3O2/c1-2-11-14-12(8-13(18)15-11)16-6-3-4-10(9-16)5-7-17/h8,10,17H,2-7,9H2,1H3,(H,14,15,18). The van der Waals surface area contributed by atoms with Gasteiger partial charge in [0.1, 0.15) is 11.6 Å². The Morgan fingerprint density at radius 2 is 2.44 bits per heavy atom. The molecule has 100 valence electrons. The van der Waals surface area contributed by atoms with Crippen LogP contribution in [0.2, 0.25) is 0 Å². The van der Waals surface area contributed by atoms with Crippen LogP contribution in [0.4, 0.5) is 5.82 Å². The Bertz CT molecular complexity index is 442. The van der Waals surface area contributed by atoms with E-state index < -0.39 is 0 Å². The molecular formula is C13H21N3O2. The molecule has 1 aliphatic rings. The molecule has 0 spiro atoms. The summed E-state index contributed by atoms with van der Waals surface area (Å²) in [6, 6.07) is 1.57. The number of piperidine rings is 1. The maximum atomic E-state index is 11.6. The van der Waals surface area contributed by atoms with Crippen LogP contribution in [-0.4, -0.2) is 34.8 Å². The first-order chi connectivity index (χ1) is 8.72. The normalized spacial score (nSPS) is 20.1. The van der Waals surface area contributed by atoms with Gasteiger partial charge in [0.2, 0.25) is 0 Å². The van der Waals surface area contributed by atoms with Gasteiger partial charge in [0.25, 0.3) is 5.56 Å². The van der Waals surface area contributed by atoms with Crippen LogP contribution in [0.1, 0.15) is 32.0 Å². The zero-order valence-corrected chi connectivity index (χ0v) is 10.9. The van der Waals surface area contributed by atoms with Crippen molar-refractivity contribution >= 4 is 5.82 Å². The van der Waals surface area contributed by atoms with Gasteiger partial charge < -0.3 is 15.0 Å². The van der Waals surface area contributed by atoms with Gasteiger partial charge in [0.05, 0.1) is 0 Å². The molecule has 5 nitrogen and oxygen atoms in total.